The first kappa shape index (κ1) is 6.27. The summed E-state index contributed by atoms with van der Waals surface area (Å²) in [5.74, 6) is 0. The first-order chi connectivity index (χ1) is 2.81. The first-order valence-electron chi connectivity index (χ1n) is 1.70. The molecule has 34 valence electrons. The summed E-state index contributed by atoms with van der Waals surface area (Å²) in [5, 5.41) is 0. The van der Waals surface area contributed by atoms with Gasteiger partial charge in [0.1, 0.15) is 0 Å². The molecule has 0 aliphatic rings. The minimum absolute atomic E-state index is 0.878. The van der Waals surface area contributed by atoms with Crippen LogP contribution in [0.25, 0.3) is 0 Å². The van der Waals surface area contributed by atoms with Crippen molar-refractivity contribution in [3.05, 3.63) is 21.4 Å². The van der Waals surface area contributed by atoms with Gasteiger partial charge in [0.25, 0.3) is 0 Å². The van der Waals surface area contributed by atoms with Crippen molar-refractivity contribution in [2.75, 3.05) is 0 Å². The van der Waals surface area contributed by atoms with E-state index in [0.717, 1.165) is 0 Å². The van der Waals surface area contributed by atoms with E-state index in [4.69, 9.17) is 0 Å². The van der Waals surface area contributed by atoms with Crippen molar-refractivity contribution >= 4 is 19.6 Å². The van der Waals surface area contributed by atoms with E-state index in [-0.39, 0.29) is 0 Å². The Balaban J connectivity index is 3.21. The van der Waals surface area contributed by atoms with Crippen LogP contribution < -0.4 is 0 Å². The van der Waals surface area contributed by atoms with Crippen molar-refractivity contribution in [3.8, 4) is 0 Å². The maximum absolute atomic E-state index is 3.64. The Bertz CT molecular complexity index is 49.0. The van der Waals surface area contributed by atoms with Gasteiger partial charge in [-0.15, -0.1) is 0 Å². The number of hydrogen-bond acceptors (Lipinski definition) is 0. The Hall–Kier alpha value is 0.270. The van der Waals surface area contributed by atoms with Gasteiger partial charge in [0.05, 0.1) is 0 Å². The van der Waals surface area contributed by atoms with E-state index in [1.54, 1.807) is 0 Å². The molecular formula is C5H9Te+. The fourth-order valence-corrected chi connectivity index (χ4v) is 0.456. The summed E-state index contributed by atoms with van der Waals surface area (Å²) in [7, 11) is 0. The van der Waals surface area contributed by atoms with E-state index in [1.165, 1.54) is 0 Å². The van der Waals surface area contributed by atoms with Crippen LogP contribution in [0.3, 0.4) is 0 Å². The molecule has 0 spiro atoms. The van der Waals surface area contributed by atoms with Crippen LogP contribution in [-0.2, 0) is 0 Å². The summed E-state index contributed by atoms with van der Waals surface area (Å²) >= 11 is -0.878. The molecular weight excluding hydrogens is 188 g/mol. The molecule has 1 heteroatoms. The van der Waals surface area contributed by atoms with Crippen LogP contribution in [0.5, 0.6) is 0 Å². The third kappa shape index (κ3) is 2.50. The molecule has 0 rings (SSSR count). The van der Waals surface area contributed by atoms with Crippen molar-refractivity contribution in [3.63, 3.8) is 0 Å². The Kier molecular flexibility index (Phi) is 3.61. The Morgan fingerprint density at radius 1 is 1.33 bits per heavy atom. The molecule has 0 aromatic rings. The van der Waals surface area contributed by atoms with Gasteiger partial charge in [0, 0.05) is 0 Å². The Morgan fingerprint density at radius 3 is 1.67 bits per heavy atom. The number of hydrogen-bond donors (Lipinski definition) is 0. The average molecular weight is 197 g/mol. The predicted molar refractivity (Wildman–Crippen MR) is 32.0 cm³/mol. The summed E-state index contributed by atoms with van der Waals surface area (Å²) in [6, 6.07) is 0. The van der Waals surface area contributed by atoms with Gasteiger partial charge in [-0.3, -0.25) is 0 Å². The molecule has 0 saturated heterocycles. The molecule has 0 atom stereocenters. The zero-order chi connectivity index (χ0) is 4.99. The second-order valence-electron chi connectivity index (χ2n) is 0.941. The van der Waals surface area contributed by atoms with Gasteiger partial charge < -0.3 is 0 Å². The zero-order valence-corrected chi connectivity index (χ0v) is 6.31. The monoisotopic (exact) mass is 199 g/mol. The molecule has 0 N–H and O–H groups in total. The van der Waals surface area contributed by atoms with Gasteiger partial charge in [-0.1, -0.05) is 0 Å². The van der Waals surface area contributed by atoms with Crippen LogP contribution in [0.15, 0.2) is 21.4 Å². The van der Waals surface area contributed by atoms with Crippen LogP contribution in [-0.4, -0.2) is 19.6 Å². The van der Waals surface area contributed by atoms with Crippen molar-refractivity contribution in [2.45, 2.75) is 4.97 Å². The third-order valence-corrected chi connectivity index (χ3v) is 3.53. The van der Waals surface area contributed by atoms with E-state index in [0.29, 0.717) is 0 Å². The van der Waals surface area contributed by atoms with E-state index in [2.05, 4.69) is 18.1 Å². The molecule has 0 saturated carbocycles. The quantitative estimate of drug-likeness (QED) is 0.589. The molecule has 0 fully saturated rings. The average Bonchev–Trinajstić information content (AvgIpc) is 1.65. The molecule has 0 unspecified atom stereocenters. The topological polar surface area (TPSA) is 0 Å². The summed E-state index contributed by atoms with van der Waals surface area (Å²) in [6.45, 7) is 7.27. The van der Waals surface area contributed by atoms with E-state index in [1.807, 2.05) is 8.25 Å². The van der Waals surface area contributed by atoms with Crippen molar-refractivity contribution in [1.29, 1.82) is 0 Å². The fourth-order valence-electron chi connectivity index (χ4n) is 0.0680. The standard InChI is InChI=1S/C5H9Te/c1-4-6(3)5-2/h4-5H,1-2H2,3H3/q+1. The molecule has 0 amide bonds. The van der Waals surface area contributed by atoms with Gasteiger partial charge in [-0.05, 0) is 0 Å². The van der Waals surface area contributed by atoms with Crippen LogP contribution in [0.1, 0.15) is 0 Å². The molecule has 6 heavy (non-hydrogen) atoms. The van der Waals surface area contributed by atoms with Gasteiger partial charge in [-0.2, -0.15) is 0 Å². The molecule has 0 radical (unpaired) electrons. The molecule has 0 aliphatic heterocycles. The van der Waals surface area contributed by atoms with Crippen molar-refractivity contribution in [1.82, 2.24) is 0 Å². The predicted octanol–water partition coefficient (Wildman–Crippen LogP) is 1.56. The second kappa shape index (κ2) is 3.46. The maximum atomic E-state index is 3.64. The van der Waals surface area contributed by atoms with Crippen LogP contribution in [0, 0.1) is 0 Å². The van der Waals surface area contributed by atoms with E-state index < -0.39 is 19.6 Å². The van der Waals surface area contributed by atoms with Crippen molar-refractivity contribution < 1.29 is 0 Å². The summed E-state index contributed by atoms with van der Waals surface area (Å²) in [4.78, 5) is 2.21. The molecule has 0 aromatic heterocycles. The van der Waals surface area contributed by atoms with Crippen LogP contribution >= 0.6 is 0 Å². The van der Waals surface area contributed by atoms with E-state index in [9.17, 15) is 0 Å². The molecule has 0 bridgehead atoms. The first-order valence-corrected chi connectivity index (χ1v) is 6.72. The van der Waals surface area contributed by atoms with Gasteiger partial charge in [-0.25, -0.2) is 0 Å². The third-order valence-electron chi connectivity index (χ3n) is 0.526. The fraction of sp³-hybridized carbons (Fsp3) is 0.200. The summed E-state index contributed by atoms with van der Waals surface area (Å²) in [5.41, 5.74) is 0. The minimum atomic E-state index is -0.878. The second-order valence-corrected chi connectivity index (χ2v) is 6.31. The Labute approximate surface area is 46.2 Å². The number of rotatable bonds is 2. The van der Waals surface area contributed by atoms with Crippen molar-refractivity contribution in [2.24, 2.45) is 0 Å². The summed E-state index contributed by atoms with van der Waals surface area (Å²) in [6.07, 6.45) is 0. The van der Waals surface area contributed by atoms with Gasteiger partial charge in [0.15, 0.2) is 0 Å². The SMILES string of the molecule is C=C[Te+](C)C=C. The van der Waals surface area contributed by atoms with E-state index >= 15 is 0 Å². The van der Waals surface area contributed by atoms with Gasteiger partial charge in [0.2, 0.25) is 0 Å². The normalized spacial score (nSPS) is 8.33. The van der Waals surface area contributed by atoms with Crippen LogP contribution in [0.4, 0.5) is 0 Å². The van der Waals surface area contributed by atoms with Gasteiger partial charge >= 0.3 is 45.9 Å². The Morgan fingerprint density at radius 2 is 1.67 bits per heavy atom. The molecule has 0 aliphatic carbocycles. The zero-order valence-electron chi connectivity index (χ0n) is 3.98. The molecule has 0 aromatic carbocycles. The summed E-state index contributed by atoms with van der Waals surface area (Å²) < 4.78 is 4.05. The van der Waals surface area contributed by atoms with Crippen LogP contribution in [0.2, 0.25) is 4.97 Å². The molecule has 0 nitrogen and oxygen atoms in total. The molecule has 0 heterocycles.